The fourth-order valence-electron chi connectivity index (χ4n) is 3.51. The molecule has 0 saturated heterocycles. The number of amides is 2. The number of carbonyl (C=O) groups is 1. The predicted molar refractivity (Wildman–Crippen MR) is 145 cm³/mol. The molecule has 9 nitrogen and oxygen atoms in total. The minimum absolute atomic E-state index is 0.0104. The highest BCUT2D eigenvalue weighted by Crippen LogP contribution is 2.38. The van der Waals surface area contributed by atoms with E-state index >= 15 is 0 Å². The monoisotopic (exact) mass is 575 g/mol. The molecule has 0 aliphatic carbocycles. The number of benzene rings is 2. The summed E-state index contributed by atoms with van der Waals surface area (Å²) < 4.78 is 63.0. The van der Waals surface area contributed by atoms with Crippen molar-refractivity contribution in [3.05, 3.63) is 71.2 Å². The maximum Gasteiger partial charge on any atom is 0.416 e. The van der Waals surface area contributed by atoms with E-state index in [1.54, 1.807) is 30.5 Å². The first-order chi connectivity index (χ1) is 18.6. The van der Waals surface area contributed by atoms with Crippen LogP contribution >= 0.6 is 11.3 Å². The molecule has 4 aromatic rings. The normalized spacial score (nSPS) is 12.0. The van der Waals surface area contributed by atoms with Crippen LogP contribution in [-0.2, 0) is 21.7 Å². The number of nitrogen functional groups attached to an aromatic ring is 1. The highest BCUT2D eigenvalue weighted by Gasteiger charge is 2.30. The van der Waals surface area contributed by atoms with E-state index in [0.717, 1.165) is 33.3 Å². The Morgan fingerprint density at radius 3 is 2.62 bits per heavy atom. The molecule has 1 unspecified atom stereocenters. The average molecular weight is 576 g/mol. The van der Waals surface area contributed by atoms with Crippen LogP contribution < -0.4 is 21.7 Å². The van der Waals surface area contributed by atoms with Crippen molar-refractivity contribution >= 4 is 56.0 Å². The van der Waals surface area contributed by atoms with Crippen molar-refractivity contribution in [1.29, 1.82) is 0 Å². The van der Waals surface area contributed by atoms with E-state index in [4.69, 9.17) is 10.3 Å². The molecule has 0 radical (unpaired) electrons. The molecule has 39 heavy (non-hydrogen) atoms. The third-order valence-electron chi connectivity index (χ3n) is 5.22. The SMILES string of the molecule is Nc1ncc(C#CCNCOS(=O)O)c2scc(-c3ccc(NC(=O)Nc4cccc(C(F)(F)F)c4)cc3)c12. The van der Waals surface area contributed by atoms with Crippen LogP contribution in [0.3, 0.4) is 0 Å². The molecule has 0 spiro atoms. The number of nitrogens with one attached hydrogen (secondary N) is 3. The molecule has 202 valence electrons. The minimum Gasteiger partial charge on any atom is -0.383 e. The second-order valence-electron chi connectivity index (χ2n) is 7.85. The maximum absolute atomic E-state index is 12.9. The molecule has 2 amide bonds. The van der Waals surface area contributed by atoms with Crippen LogP contribution in [0.15, 0.2) is 60.1 Å². The van der Waals surface area contributed by atoms with Crippen LogP contribution in [0.25, 0.3) is 21.2 Å². The van der Waals surface area contributed by atoms with Crippen LogP contribution in [0.4, 0.5) is 35.2 Å². The van der Waals surface area contributed by atoms with Gasteiger partial charge in [-0.3, -0.25) is 14.1 Å². The number of nitrogens with two attached hydrogens (primary N) is 1. The second-order valence-corrected chi connectivity index (χ2v) is 9.40. The van der Waals surface area contributed by atoms with Gasteiger partial charge in [-0.05, 0) is 41.3 Å². The van der Waals surface area contributed by atoms with Gasteiger partial charge in [0.15, 0.2) is 0 Å². The van der Waals surface area contributed by atoms with Crippen molar-refractivity contribution < 1.29 is 30.9 Å². The molecule has 1 atom stereocenters. The zero-order valence-corrected chi connectivity index (χ0v) is 21.5. The Morgan fingerprint density at radius 1 is 1.15 bits per heavy atom. The summed E-state index contributed by atoms with van der Waals surface area (Å²) in [4.78, 5) is 16.6. The summed E-state index contributed by atoms with van der Waals surface area (Å²) in [5.41, 5.74) is 8.03. The lowest BCUT2D eigenvalue weighted by atomic mass is 10.0. The zero-order valence-electron chi connectivity index (χ0n) is 19.8. The summed E-state index contributed by atoms with van der Waals surface area (Å²) in [6.45, 7) is 0.0885. The third-order valence-corrected chi connectivity index (χ3v) is 6.56. The van der Waals surface area contributed by atoms with E-state index in [9.17, 15) is 22.2 Å². The Hall–Kier alpha value is -4.00. The number of aromatic nitrogens is 1. The molecule has 6 N–H and O–H groups in total. The third kappa shape index (κ3) is 7.31. The van der Waals surface area contributed by atoms with Gasteiger partial charge in [0.05, 0.1) is 22.4 Å². The number of urea groups is 1. The van der Waals surface area contributed by atoms with E-state index < -0.39 is 29.1 Å². The second kappa shape index (κ2) is 12.2. The van der Waals surface area contributed by atoms with Crippen molar-refractivity contribution in [2.45, 2.75) is 6.18 Å². The quantitative estimate of drug-likeness (QED) is 0.0877. The Kier molecular flexibility index (Phi) is 8.79. The van der Waals surface area contributed by atoms with Gasteiger partial charge in [0.2, 0.25) is 0 Å². The lowest BCUT2D eigenvalue weighted by Gasteiger charge is -2.11. The Morgan fingerprint density at radius 2 is 1.90 bits per heavy atom. The molecule has 2 aromatic heterocycles. The lowest BCUT2D eigenvalue weighted by Crippen LogP contribution is -2.19. The molecule has 0 aliphatic rings. The number of hydrogen-bond donors (Lipinski definition) is 5. The number of halogens is 3. The van der Waals surface area contributed by atoms with E-state index in [1.165, 1.54) is 23.5 Å². The van der Waals surface area contributed by atoms with Crippen molar-refractivity contribution in [2.75, 3.05) is 29.6 Å². The number of rotatable bonds is 7. The van der Waals surface area contributed by atoms with E-state index in [1.807, 2.05) is 5.38 Å². The molecule has 0 fully saturated rings. The average Bonchev–Trinajstić information content (AvgIpc) is 3.33. The zero-order chi connectivity index (χ0) is 28.0. The summed E-state index contributed by atoms with van der Waals surface area (Å²) in [7, 11) is 0. The van der Waals surface area contributed by atoms with Crippen LogP contribution in [0, 0.1) is 11.8 Å². The van der Waals surface area contributed by atoms with Gasteiger partial charge in [0.1, 0.15) is 12.5 Å². The van der Waals surface area contributed by atoms with Crippen molar-refractivity contribution in [1.82, 2.24) is 10.3 Å². The maximum atomic E-state index is 12.9. The summed E-state index contributed by atoms with van der Waals surface area (Å²) in [6.07, 6.45) is -2.95. The molecule has 0 saturated carbocycles. The lowest BCUT2D eigenvalue weighted by molar-refractivity contribution is -0.137. The summed E-state index contributed by atoms with van der Waals surface area (Å²) in [5.74, 6) is 6.22. The number of nitrogens with zero attached hydrogens (tertiary/aromatic N) is 1. The van der Waals surface area contributed by atoms with Gasteiger partial charge in [-0.25, -0.2) is 9.78 Å². The van der Waals surface area contributed by atoms with Gasteiger partial charge in [-0.1, -0.05) is 30.0 Å². The topological polar surface area (TPSA) is 139 Å². The molecule has 0 bridgehead atoms. The number of carbonyl (C=O) groups excluding carboxylic acids is 1. The van der Waals surface area contributed by atoms with Crippen LogP contribution in [0.2, 0.25) is 0 Å². The van der Waals surface area contributed by atoms with Gasteiger partial charge in [0.25, 0.3) is 0 Å². The van der Waals surface area contributed by atoms with Gasteiger partial charge in [-0.15, -0.1) is 11.3 Å². The van der Waals surface area contributed by atoms with E-state index in [-0.39, 0.29) is 19.0 Å². The number of thiophene rings is 1. The molecular weight excluding hydrogens is 555 g/mol. The largest absolute Gasteiger partial charge is 0.416 e. The predicted octanol–water partition coefficient (Wildman–Crippen LogP) is 5.26. The molecule has 0 aliphatic heterocycles. The van der Waals surface area contributed by atoms with E-state index in [0.29, 0.717) is 17.1 Å². The first-order valence-electron chi connectivity index (χ1n) is 11.1. The van der Waals surface area contributed by atoms with Crippen molar-refractivity contribution in [3.8, 4) is 23.0 Å². The number of hydrogen-bond acceptors (Lipinski definition) is 7. The summed E-state index contributed by atoms with van der Waals surface area (Å²) in [6, 6.07) is 10.5. The van der Waals surface area contributed by atoms with Gasteiger partial charge in [-0.2, -0.15) is 17.4 Å². The first-order valence-corrected chi connectivity index (χ1v) is 13.0. The highest BCUT2D eigenvalue weighted by molar-refractivity contribution is 7.74. The Balaban J connectivity index is 1.45. The van der Waals surface area contributed by atoms with Crippen molar-refractivity contribution in [3.63, 3.8) is 0 Å². The number of alkyl halides is 3. The fraction of sp³-hybridized carbons (Fsp3) is 0.120. The van der Waals surface area contributed by atoms with Crippen molar-refractivity contribution in [2.24, 2.45) is 0 Å². The summed E-state index contributed by atoms with van der Waals surface area (Å²) in [5, 5.41) is 10.4. The van der Waals surface area contributed by atoms with Gasteiger partial charge >= 0.3 is 23.6 Å². The molecule has 14 heteroatoms. The van der Waals surface area contributed by atoms with Gasteiger partial charge in [0, 0.05) is 28.5 Å². The number of anilines is 3. The molecule has 2 heterocycles. The first kappa shape index (κ1) is 28.0. The minimum atomic E-state index is -4.51. The molecule has 4 rings (SSSR count). The van der Waals surface area contributed by atoms with Crippen LogP contribution in [0.5, 0.6) is 0 Å². The standard InChI is InChI=1S/C25H20F3N5O4S2/c26-25(27,28)17-4-1-5-19(11-17)33-24(34)32-18-8-6-15(7-9-18)20-13-38-22-16(12-31-23(29)21(20)22)3-2-10-30-14-37-39(35)36/h1,4-9,11-13,30H,10,14H2,(H2,29,31)(H,35,36)(H2,32,33,34). The summed E-state index contributed by atoms with van der Waals surface area (Å²) >= 11 is -0.911. The van der Waals surface area contributed by atoms with E-state index in [2.05, 4.69) is 37.0 Å². The van der Waals surface area contributed by atoms with Crippen LogP contribution in [-0.4, -0.2) is 33.1 Å². The molecular formula is C25H20F3N5O4S2. The van der Waals surface area contributed by atoms with Gasteiger partial charge < -0.3 is 16.4 Å². The number of fused-ring (bicyclic) bond motifs is 1. The fourth-order valence-corrected chi connectivity index (χ4v) is 4.75. The molecule has 2 aromatic carbocycles. The Bertz CT molecular complexity index is 1580. The van der Waals surface area contributed by atoms with Crippen LogP contribution in [0.1, 0.15) is 11.1 Å². The Labute approximate surface area is 227 Å². The highest BCUT2D eigenvalue weighted by atomic mass is 32.2. The smallest absolute Gasteiger partial charge is 0.383 e. The number of pyridine rings is 1.